The summed E-state index contributed by atoms with van der Waals surface area (Å²) in [6, 6.07) is 5.20. The molecule has 112 valence electrons. The minimum absolute atomic E-state index is 0.00981. The Morgan fingerprint density at radius 1 is 1.41 bits per heavy atom. The van der Waals surface area contributed by atoms with Crippen LogP contribution in [0.1, 0.15) is 17.0 Å². The zero-order chi connectivity index (χ0) is 15.3. The fraction of sp³-hybridized carbons (Fsp3) is 0.200. The van der Waals surface area contributed by atoms with Gasteiger partial charge in [-0.15, -0.1) is 0 Å². The summed E-state index contributed by atoms with van der Waals surface area (Å²) in [5.74, 6) is 0.228. The lowest BCUT2D eigenvalue weighted by Gasteiger charge is -2.24. The van der Waals surface area contributed by atoms with Crippen LogP contribution in [-0.4, -0.2) is 35.0 Å². The number of anilines is 1. The third-order valence-corrected chi connectivity index (χ3v) is 4.00. The van der Waals surface area contributed by atoms with Gasteiger partial charge in [-0.2, -0.15) is 5.10 Å². The van der Waals surface area contributed by atoms with Gasteiger partial charge in [0.1, 0.15) is 12.4 Å². The van der Waals surface area contributed by atoms with E-state index in [4.69, 9.17) is 9.47 Å². The van der Waals surface area contributed by atoms with Crippen molar-refractivity contribution in [3.05, 3.63) is 46.8 Å². The van der Waals surface area contributed by atoms with Crippen LogP contribution in [0.25, 0.3) is 0 Å². The van der Waals surface area contributed by atoms with Crippen LogP contribution in [0.4, 0.5) is 5.82 Å². The number of phenolic OH excluding ortho intramolecular Hbond substituents is 1. The molecule has 1 unspecified atom stereocenters. The number of carbonyl (C=O) groups excluding carboxylic acids is 1. The summed E-state index contributed by atoms with van der Waals surface area (Å²) in [4.78, 5) is 12.1. The van der Waals surface area contributed by atoms with E-state index in [1.165, 1.54) is 7.11 Å². The number of fused-ring (bicyclic) bond motifs is 1. The molecule has 7 nitrogen and oxygen atoms in total. The third kappa shape index (κ3) is 1.62. The summed E-state index contributed by atoms with van der Waals surface area (Å²) < 4.78 is 10.3. The molecule has 1 atom stereocenters. The Bertz CT molecular complexity index is 809. The fourth-order valence-electron chi connectivity index (χ4n) is 2.99. The molecule has 2 aliphatic rings. The van der Waals surface area contributed by atoms with E-state index in [1.807, 2.05) is 0 Å². The first-order chi connectivity index (χ1) is 10.7. The number of nitrogens with zero attached hydrogens (tertiary/aromatic N) is 1. The summed E-state index contributed by atoms with van der Waals surface area (Å²) in [5.41, 5.74) is 2.54. The molecule has 0 bridgehead atoms. The molecule has 3 heterocycles. The smallest absolute Gasteiger partial charge is 0.337 e. The van der Waals surface area contributed by atoms with E-state index < -0.39 is 5.92 Å². The monoisotopic (exact) mass is 299 g/mol. The van der Waals surface area contributed by atoms with Crippen LogP contribution in [0.15, 0.2) is 35.7 Å². The van der Waals surface area contributed by atoms with Gasteiger partial charge in [0.05, 0.1) is 30.5 Å². The van der Waals surface area contributed by atoms with Gasteiger partial charge in [0, 0.05) is 11.1 Å². The lowest BCUT2D eigenvalue weighted by Crippen LogP contribution is -2.19. The number of esters is 1. The summed E-state index contributed by atoms with van der Waals surface area (Å²) >= 11 is 0. The molecule has 0 radical (unpaired) electrons. The summed E-state index contributed by atoms with van der Waals surface area (Å²) in [6.07, 6.45) is 1.64. The number of aromatic nitrogens is 2. The number of nitrogens with one attached hydrogen (secondary N) is 2. The van der Waals surface area contributed by atoms with E-state index in [-0.39, 0.29) is 18.3 Å². The maximum absolute atomic E-state index is 12.1. The molecule has 4 rings (SSSR count). The number of hydrogen-bond acceptors (Lipinski definition) is 6. The van der Waals surface area contributed by atoms with Crippen LogP contribution in [0, 0.1) is 0 Å². The number of ether oxygens (including phenoxy) is 2. The van der Waals surface area contributed by atoms with Gasteiger partial charge in [-0.05, 0) is 6.07 Å². The van der Waals surface area contributed by atoms with Crippen LogP contribution in [-0.2, 0) is 9.53 Å². The quantitative estimate of drug-likeness (QED) is 0.727. The second-order valence-electron chi connectivity index (χ2n) is 5.12. The van der Waals surface area contributed by atoms with Crippen molar-refractivity contribution in [2.45, 2.75) is 5.92 Å². The Labute approximate surface area is 125 Å². The molecule has 22 heavy (non-hydrogen) atoms. The third-order valence-electron chi connectivity index (χ3n) is 4.00. The predicted molar refractivity (Wildman–Crippen MR) is 76.7 cm³/mol. The normalized spacial score (nSPS) is 19.3. The van der Waals surface area contributed by atoms with Gasteiger partial charge < -0.3 is 19.9 Å². The van der Waals surface area contributed by atoms with E-state index in [0.717, 1.165) is 5.56 Å². The lowest BCUT2D eigenvalue weighted by atomic mass is 9.83. The van der Waals surface area contributed by atoms with E-state index in [2.05, 4.69) is 15.5 Å². The molecule has 1 aromatic heterocycles. The molecule has 3 N–H and O–H groups in total. The molecule has 2 aromatic rings. The summed E-state index contributed by atoms with van der Waals surface area (Å²) in [6.45, 7) is 0.188. The van der Waals surface area contributed by atoms with Crippen LogP contribution in [0.5, 0.6) is 11.5 Å². The molecule has 7 heteroatoms. The maximum atomic E-state index is 12.1. The molecular formula is C15H13N3O4. The molecular weight excluding hydrogens is 286 g/mol. The number of carbonyl (C=O) groups is 1. The van der Waals surface area contributed by atoms with Crippen LogP contribution in [0.3, 0.4) is 0 Å². The van der Waals surface area contributed by atoms with Crippen molar-refractivity contribution in [3.63, 3.8) is 0 Å². The molecule has 2 aliphatic heterocycles. The van der Waals surface area contributed by atoms with Crippen LogP contribution in [0.2, 0.25) is 0 Å². The van der Waals surface area contributed by atoms with E-state index in [9.17, 15) is 9.90 Å². The number of para-hydroxylation sites is 1. The first kappa shape index (κ1) is 12.8. The number of phenols is 1. The first-order valence-corrected chi connectivity index (χ1v) is 6.77. The Morgan fingerprint density at radius 3 is 3.09 bits per heavy atom. The number of benzene rings is 1. The van der Waals surface area contributed by atoms with Crippen molar-refractivity contribution in [2.24, 2.45) is 0 Å². The summed E-state index contributed by atoms with van der Waals surface area (Å²) in [5, 5.41) is 20.5. The van der Waals surface area contributed by atoms with Crippen molar-refractivity contribution in [3.8, 4) is 11.5 Å². The summed E-state index contributed by atoms with van der Waals surface area (Å²) in [7, 11) is 1.49. The fourth-order valence-corrected chi connectivity index (χ4v) is 2.99. The largest absolute Gasteiger partial charge is 0.504 e. The van der Waals surface area contributed by atoms with Crippen molar-refractivity contribution < 1.29 is 19.4 Å². The number of aromatic amines is 1. The molecule has 0 saturated carbocycles. The molecule has 0 fully saturated rings. The highest BCUT2D eigenvalue weighted by Gasteiger charge is 2.40. The van der Waals surface area contributed by atoms with Crippen molar-refractivity contribution in [1.29, 1.82) is 0 Å². The molecule has 0 saturated heterocycles. The molecule has 0 amide bonds. The van der Waals surface area contributed by atoms with Gasteiger partial charge >= 0.3 is 5.97 Å². The highest BCUT2D eigenvalue weighted by Crippen LogP contribution is 2.47. The highest BCUT2D eigenvalue weighted by molar-refractivity contribution is 5.97. The average molecular weight is 299 g/mol. The molecule has 0 spiro atoms. The first-order valence-electron chi connectivity index (χ1n) is 6.77. The van der Waals surface area contributed by atoms with Gasteiger partial charge in [0.15, 0.2) is 11.5 Å². The van der Waals surface area contributed by atoms with Crippen molar-refractivity contribution in [1.82, 2.24) is 10.2 Å². The predicted octanol–water partition coefficient (Wildman–Crippen LogP) is 1.49. The van der Waals surface area contributed by atoms with Crippen molar-refractivity contribution in [2.75, 3.05) is 19.0 Å². The van der Waals surface area contributed by atoms with Gasteiger partial charge in [0.25, 0.3) is 0 Å². The zero-order valence-electron chi connectivity index (χ0n) is 11.7. The number of hydrogen-bond donors (Lipinski definition) is 3. The van der Waals surface area contributed by atoms with E-state index >= 15 is 0 Å². The molecule has 0 aliphatic carbocycles. The zero-order valence-corrected chi connectivity index (χ0v) is 11.7. The van der Waals surface area contributed by atoms with Crippen molar-refractivity contribution >= 4 is 11.8 Å². The van der Waals surface area contributed by atoms with Crippen LogP contribution >= 0.6 is 0 Å². The minimum Gasteiger partial charge on any atom is -0.504 e. The minimum atomic E-state index is -0.449. The Balaban J connectivity index is 1.95. The number of rotatable bonds is 2. The van der Waals surface area contributed by atoms with E-state index in [0.29, 0.717) is 28.4 Å². The van der Waals surface area contributed by atoms with E-state index in [1.54, 1.807) is 24.4 Å². The SMILES string of the molecule is COc1cccc(C2C3=C(COC3=O)Nc3[nH]ncc32)c1O. The van der Waals surface area contributed by atoms with Gasteiger partial charge in [-0.25, -0.2) is 4.79 Å². The highest BCUT2D eigenvalue weighted by atomic mass is 16.5. The number of aromatic hydroxyl groups is 1. The van der Waals surface area contributed by atoms with Gasteiger partial charge in [-0.3, -0.25) is 5.10 Å². The number of H-pyrrole nitrogens is 1. The Hall–Kier alpha value is -2.96. The standard InChI is InChI=1S/C15H13N3O4/c1-21-10-4-2-3-7(13(10)19)11-8-5-16-18-14(8)17-9-6-22-15(20)12(9)11/h2-5,11,19H,6H2,1H3,(H2,16,17,18). The Morgan fingerprint density at radius 2 is 2.27 bits per heavy atom. The van der Waals surface area contributed by atoms with Crippen LogP contribution < -0.4 is 10.1 Å². The number of cyclic esters (lactones) is 1. The van der Waals surface area contributed by atoms with Gasteiger partial charge in [0.2, 0.25) is 0 Å². The second-order valence-corrected chi connectivity index (χ2v) is 5.12. The van der Waals surface area contributed by atoms with Gasteiger partial charge in [-0.1, -0.05) is 12.1 Å². The second kappa shape index (κ2) is 4.52. The number of methoxy groups -OCH3 is 1. The molecule has 1 aromatic carbocycles. The maximum Gasteiger partial charge on any atom is 0.337 e. The Kier molecular flexibility index (Phi) is 2.62. The average Bonchev–Trinajstić information content (AvgIpc) is 3.13. The topological polar surface area (TPSA) is 96.5 Å². The lowest BCUT2D eigenvalue weighted by molar-refractivity contribution is -0.136.